The molecule has 0 aliphatic heterocycles. The van der Waals surface area contributed by atoms with Gasteiger partial charge in [0.15, 0.2) is 6.10 Å². The molecule has 0 heterocycles. The molecular formula is C17H13Cl3O2. The SMILES string of the molecule is O=C(/C=C/c1ccccc1)OC(c1ccccc1)C(Cl)(Cl)Cl. The normalized spacial score (nSPS) is 13.0. The molecule has 0 saturated carbocycles. The van der Waals surface area contributed by atoms with Gasteiger partial charge in [0.1, 0.15) is 0 Å². The van der Waals surface area contributed by atoms with Crippen LogP contribution in [0.4, 0.5) is 0 Å². The molecule has 0 radical (unpaired) electrons. The van der Waals surface area contributed by atoms with Gasteiger partial charge in [-0.2, -0.15) is 0 Å². The first-order valence-corrected chi connectivity index (χ1v) is 7.65. The molecule has 0 aliphatic rings. The fourth-order valence-corrected chi connectivity index (χ4v) is 2.35. The van der Waals surface area contributed by atoms with E-state index in [-0.39, 0.29) is 0 Å². The van der Waals surface area contributed by atoms with Gasteiger partial charge in [-0.05, 0) is 17.2 Å². The van der Waals surface area contributed by atoms with E-state index >= 15 is 0 Å². The van der Waals surface area contributed by atoms with Gasteiger partial charge < -0.3 is 4.74 Å². The van der Waals surface area contributed by atoms with Crippen LogP contribution in [0, 0.1) is 0 Å². The third-order valence-electron chi connectivity index (χ3n) is 2.85. The maximum Gasteiger partial charge on any atom is 0.331 e. The fraction of sp³-hybridized carbons (Fsp3) is 0.118. The molecule has 5 heteroatoms. The largest absolute Gasteiger partial charge is 0.450 e. The summed E-state index contributed by atoms with van der Waals surface area (Å²) in [4.78, 5) is 12.0. The van der Waals surface area contributed by atoms with Crippen molar-refractivity contribution in [3.05, 3.63) is 77.9 Å². The van der Waals surface area contributed by atoms with E-state index in [4.69, 9.17) is 39.5 Å². The van der Waals surface area contributed by atoms with Crippen LogP contribution in [0.3, 0.4) is 0 Å². The van der Waals surface area contributed by atoms with Crippen LogP contribution in [-0.4, -0.2) is 9.76 Å². The molecule has 0 amide bonds. The minimum absolute atomic E-state index is 0.580. The summed E-state index contributed by atoms with van der Waals surface area (Å²) in [6.07, 6.45) is 1.97. The Balaban J connectivity index is 2.11. The Morgan fingerprint density at radius 1 is 0.955 bits per heavy atom. The molecule has 1 unspecified atom stereocenters. The van der Waals surface area contributed by atoms with Crippen molar-refractivity contribution in [2.24, 2.45) is 0 Å². The number of hydrogen-bond acceptors (Lipinski definition) is 2. The summed E-state index contributed by atoms with van der Waals surface area (Å²) in [6, 6.07) is 18.2. The summed E-state index contributed by atoms with van der Waals surface area (Å²) in [5.41, 5.74) is 1.49. The van der Waals surface area contributed by atoms with Crippen LogP contribution in [0.25, 0.3) is 6.08 Å². The molecule has 1 atom stereocenters. The monoisotopic (exact) mass is 354 g/mol. The molecule has 0 spiro atoms. The molecule has 0 saturated heterocycles. The molecule has 0 aromatic heterocycles. The molecule has 114 valence electrons. The number of benzene rings is 2. The van der Waals surface area contributed by atoms with Gasteiger partial charge in [-0.15, -0.1) is 0 Å². The van der Waals surface area contributed by atoms with Crippen LogP contribution < -0.4 is 0 Å². The second kappa shape index (κ2) is 7.68. The highest BCUT2D eigenvalue weighted by molar-refractivity contribution is 6.68. The van der Waals surface area contributed by atoms with Crippen LogP contribution in [0.1, 0.15) is 17.2 Å². The molecule has 22 heavy (non-hydrogen) atoms. The van der Waals surface area contributed by atoms with Crippen LogP contribution in [0.2, 0.25) is 0 Å². The maximum absolute atomic E-state index is 12.0. The zero-order chi connectivity index (χ0) is 16.0. The highest BCUT2D eigenvalue weighted by Crippen LogP contribution is 2.42. The van der Waals surface area contributed by atoms with Gasteiger partial charge in [-0.1, -0.05) is 95.5 Å². The van der Waals surface area contributed by atoms with Crippen molar-refractivity contribution in [3.63, 3.8) is 0 Å². The van der Waals surface area contributed by atoms with E-state index in [1.807, 2.05) is 36.4 Å². The van der Waals surface area contributed by atoms with Gasteiger partial charge in [0.05, 0.1) is 0 Å². The Labute approximate surface area is 144 Å². The third-order valence-corrected chi connectivity index (χ3v) is 3.44. The van der Waals surface area contributed by atoms with Crippen LogP contribution >= 0.6 is 34.8 Å². The molecule has 0 aliphatic carbocycles. The van der Waals surface area contributed by atoms with E-state index in [0.29, 0.717) is 5.56 Å². The van der Waals surface area contributed by atoms with Crippen molar-refractivity contribution in [3.8, 4) is 0 Å². The Morgan fingerprint density at radius 3 is 2.05 bits per heavy atom. The van der Waals surface area contributed by atoms with Crippen LogP contribution in [0.5, 0.6) is 0 Å². The predicted octanol–water partition coefficient (Wildman–Crippen LogP) is 5.35. The average molecular weight is 356 g/mol. The quantitative estimate of drug-likeness (QED) is 0.419. The summed E-state index contributed by atoms with van der Waals surface area (Å²) < 4.78 is 3.55. The number of halogens is 3. The third kappa shape index (κ3) is 5.06. The van der Waals surface area contributed by atoms with Gasteiger partial charge in [-0.3, -0.25) is 0 Å². The van der Waals surface area contributed by atoms with E-state index in [1.165, 1.54) is 6.08 Å². The number of esters is 1. The minimum Gasteiger partial charge on any atom is -0.450 e. The minimum atomic E-state index is -1.75. The number of ether oxygens (including phenoxy) is 1. The van der Waals surface area contributed by atoms with Crippen LogP contribution in [-0.2, 0) is 9.53 Å². The van der Waals surface area contributed by atoms with Crippen molar-refractivity contribution in [2.45, 2.75) is 9.90 Å². The smallest absolute Gasteiger partial charge is 0.331 e. The average Bonchev–Trinajstić information content (AvgIpc) is 2.51. The fourth-order valence-electron chi connectivity index (χ4n) is 1.84. The first-order valence-electron chi connectivity index (χ1n) is 6.52. The molecule has 0 fully saturated rings. The molecule has 0 bridgehead atoms. The molecule has 2 rings (SSSR count). The van der Waals surface area contributed by atoms with Crippen molar-refractivity contribution >= 4 is 46.8 Å². The summed E-state index contributed by atoms with van der Waals surface area (Å²) in [5, 5.41) is 0. The number of rotatable bonds is 4. The van der Waals surface area contributed by atoms with Crippen molar-refractivity contribution < 1.29 is 9.53 Å². The van der Waals surface area contributed by atoms with Gasteiger partial charge in [0.25, 0.3) is 0 Å². The first kappa shape index (κ1) is 16.9. The van der Waals surface area contributed by atoms with E-state index in [1.54, 1.807) is 30.3 Å². The zero-order valence-electron chi connectivity index (χ0n) is 11.5. The van der Waals surface area contributed by atoms with Crippen molar-refractivity contribution in [2.75, 3.05) is 0 Å². The summed E-state index contributed by atoms with van der Waals surface area (Å²) >= 11 is 17.8. The lowest BCUT2D eigenvalue weighted by Crippen LogP contribution is -2.22. The zero-order valence-corrected chi connectivity index (χ0v) is 13.7. The Morgan fingerprint density at radius 2 is 1.50 bits per heavy atom. The number of carbonyl (C=O) groups excluding carboxylic acids is 1. The lowest BCUT2D eigenvalue weighted by Gasteiger charge is -2.24. The summed E-state index contributed by atoms with van der Waals surface area (Å²) in [6.45, 7) is 0. The van der Waals surface area contributed by atoms with Crippen LogP contribution in [0.15, 0.2) is 66.7 Å². The maximum atomic E-state index is 12.0. The Hall–Kier alpha value is -1.48. The van der Waals surface area contributed by atoms with Gasteiger partial charge in [0.2, 0.25) is 3.79 Å². The van der Waals surface area contributed by atoms with Gasteiger partial charge in [-0.25, -0.2) is 4.79 Å². The Kier molecular flexibility index (Phi) is 5.90. The van der Waals surface area contributed by atoms with E-state index in [9.17, 15) is 4.79 Å². The topological polar surface area (TPSA) is 26.3 Å². The highest BCUT2D eigenvalue weighted by Gasteiger charge is 2.36. The first-order chi connectivity index (χ1) is 10.5. The molecule has 2 aromatic carbocycles. The standard InChI is InChI=1S/C17H13Cl3O2/c18-17(19,20)16(14-9-5-2-6-10-14)22-15(21)12-11-13-7-3-1-4-8-13/h1-12,16H/b12-11+. The van der Waals surface area contributed by atoms with Gasteiger partial charge in [0, 0.05) is 6.08 Å². The number of carbonyl (C=O) groups is 1. The number of alkyl halides is 3. The van der Waals surface area contributed by atoms with Gasteiger partial charge >= 0.3 is 5.97 Å². The van der Waals surface area contributed by atoms with Crippen molar-refractivity contribution in [1.82, 2.24) is 0 Å². The lowest BCUT2D eigenvalue weighted by atomic mass is 10.1. The molecular weight excluding hydrogens is 343 g/mol. The second-order valence-electron chi connectivity index (χ2n) is 4.51. The molecule has 0 N–H and O–H groups in total. The summed E-state index contributed by atoms with van der Waals surface area (Å²) in [5.74, 6) is -0.580. The lowest BCUT2D eigenvalue weighted by molar-refractivity contribution is -0.143. The van der Waals surface area contributed by atoms with Crippen molar-refractivity contribution in [1.29, 1.82) is 0 Å². The Bertz CT molecular complexity index is 634. The van der Waals surface area contributed by atoms with E-state index in [2.05, 4.69) is 0 Å². The number of hydrogen-bond donors (Lipinski definition) is 0. The van der Waals surface area contributed by atoms with E-state index in [0.717, 1.165) is 5.56 Å². The molecule has 2 aromatic rings. The predicted molar refractivity (Wildman–Crippen MR) is 91.0 cm³/mol. The highest BCUT2D eigenvalue weighted by atomic mass is 35.6. The molecule has 2 nitrogen and oxygen atoms in total. The second-order valence-corrected chi connectivity index (χ2v) is 6.88. The summed E-state index contributed by atoms with van der Waals surface area (Å²) in [7, 11) is 0. The van der Waals surface area contributed by atoms with E-state index < -0.39 is 15.9 Å².